The number of aliphatic hydroxyl groups is 1. The Kier molecular flexibility index (Phi) is 7.10. The van der Waals surface area contributed by atoms with Crippen molar-refractivity contribution in [1.29, 1.82) is 0 Å². The number of nitrogens with two attached hydrogens (primary N) is 1. The monoisotopic (exact) mass is 453 g/mol. The van der Waals surface area contributed by atoms with Crippen LogP contribution < -0.4 is 16.4 Å². The summed E-state index contributed by atoms with van der Waals surface area (Å²) in [4.78, 5) is 31.1. The first-order valence-corrected chi connectivity index (χ1v) is 11.4. The zero-order valence-corrected chi connectivity index (χ0v) is 18.8. The molecular weight excluding hydrogens is 422 g/mol. The lowest BCUT2D eigenvalue weighted by Crippen LogP contribution is -2.57. The predicted molar refractivity (Wildman–Crippen MR) is 126 cm³/mol. The van der Waals surface area contributed by atoms with Crippen LogP contribution in [0.25, 0.3) is 11.1 Å². The fourth-order valence-corrected chi connectivity index (χ4v) is 4.32. The Morgan fingerprint density at radius 1 is 1.18 bits per heavy atom. The van der Waals surface area contributed by atoms with E-state index in [0.717, 1.165) is 42.5 Å². The number of nitrogens with zero attached hydrogens (tertiary/aromatic N) is 2. The molecule has 2 atom stereocenters. The second-order valence-electron chi connectivity index (χ2n) is 8.68. The van der Waals surface area contributed by atoms with Gasteiger partial charge < -0.3 is 25.8 Å². The molecule has 2 aliphatic rings. The maximum atomic E-state index is 13.2. The smallest absolute Gasteiger partial charge is 0.411 e. The molecule has 0 aliphatic carbocycles. The van der Waals surface area contributed by atoms with E-state index >= 15 is 0 Å². The minimum atomic E-state index is -0.570. The maximum absolute atomic E-state index is 13.2. The fraction of sp³-hybridized carbons (Fsp3) is 0.458. The number of carbonyl (C=O) groups excluding carboxylic acids is 2. The van der Waals surface area contributed by atoms with E-state index in [2.05, 4.69) is 15.6 Å². The first-order valence-electron chi connectivity index (χ1n) is 11.4. The van der Waals surface area contributed by atoms with Crippen LogP contribution in [0.4, 0.5) is 16.2 Å². The number of aromatic nitrogens is 1. The SMILES string of the molecule is COC(=O)Nc1ccc2c(c1)N[C@@H](C(=O)N1CC(O)C1)CCCCC[C@H](N)c1cc-2ccn1. The quantitative estimate of drug-likeness (QED) is 0.550. The number of benzene rings is 1. The van der Waals surface area contributed by atoms with E-state index in [1.807, 2.05) is 18.2 Å². The molecule has 4 rings (SSSR count). The van der Waals surface area contributed by atoms with Crippen LogP contribution in [0.15, 0.2) is 36.5 Å². The summed E-state index contributed by atoms with van der Waals surface area (Å²) in [5, 5.41) is 15.8. The topological polar surface area (TPSA) is 130 Å². The van der Waals surface area contributed by atoms with Gasteiger partial charge in [-0.1, -0.05) is 25.3 Å². The third-order valence-electron chi connectivity index (χ3n) is 6.23. The number of anilines is 2. The van der Waals surface area contributed by atoms with Crippen LogP contribution in [0.3, 0.4) is 0 Å². The van der Waals surface area contributed by atoms with Gasteiger partial charge in [0.2, 0.25) is 5.91 Å². The third-order valence-corrected chi connectivity index (χ3v) is 6.23. The van der Waals surface area contributed by atoms with E-state index in [-0.39, 0.29) is 11.9 Å². The summed E-state index contributed by atoms with van der Waals surface area (Å²) < 4.78 is 4.72. The molecule has 1 aromatic carbocycles. The normalized spacial score (nSPS) is 21.2. The molecule has 9 nitrogen and oxygen atoms in total. The number of likely N-dealkylation sites (tertiary alicyclic amines) is 1. The zero-order valence-electron chi connectivity index (χ0n) is 18.8. The molecule has 1 aromatic heterocycles. The van der Waals surface area contributed by atoms with Gasteiger partial charge in [-0.15, -0.1) is 0 Å². The highest BCUT2D eigenvalue weighted by molar-refractivity contribution is 5.91. The first-order chi connectivity index (χ1) is 15.9. The van der Waals surface area contributed by atoms with Crippen LogP contribution >= 0.6 is 0 Å². The number of β-amino-alcohol motifs (C(OH)–C–C–N with tert-alkyl or cyclic N) is 1. The van der Waals surface area contributed by atoms with Crippen molar-refractivity contribution in [3.05, 3.63) is 42.2 Å². The Hall–Kier alpha value is -3.17. The van der Waals surface area contributed by atoms with Crippen molar-refractivity contribution in [1.82, 2.24) is 9.88 Å². The number of ether oxygens (including phenoxy) is 1. The molecule has 2 bridgehead atoms. The van der Waals surface area contributed by atoms with E-state index in [9.17, 15) is 14.7 Å². The lowest BCUT2D eigenvalue weighted by Gasteiger charge is -2.38. The molecule has 5 N–H and O–H groups in total. The summed E-state index contributed by atoms with van der Waals surface area (Å²) in [7, 11) is 1.31. The molecule has 176 valence electrons. The van der Waals surface area contributed by atoms with Crippen molar-refractivity contribution in [3.63, 3.8) is 0 Å². The fourth-order valence-electron chi connectivity index (χ4n) is 4.32. The Balaban J connectivity index is 1.72. The minimum Gasteiger partial charge on any atom is -0.453 e. The molecule has 3 heterocycles. The largest absolute Gasteiger partial charge is 0.453 e. The van der Waals surface area contributed by atoms with Crippen LogP contribution in [-0.2, 0) is 9.53 Å². The highest BCUT2D eigenvalue weighted by Gasteiger charge is 2.33. The van der Waals surface area contributed by atoms with Gasteiger partial charge in [-0.3, -0.25) is 15.1 Å². The van der Waals surface area contributed by atoms with E-state index in [4.69, 9.17) is 10.5 Å². The number of methoxy groups -OCH3 is 1. The van der Waals surface area contributed by atoms with Gasteiger partial charge in [0, 0.05) is 42.3 Å². The Labute approximate surface area is 193 Å². The molecular formula is C24H31N5O4. The molecule has 2 aliphatic heterocycles. The number of rotatable bonds is 2. The van der Waals surface area contributed by atoms with Gasteiger partial charge in [0.05, 0.1) is 18.9 Å². The van der Waals surface area contributed by atoms with E-state index < -0.39 is 18.2 Å². The van der Waals surface area contributed by atoms with Crippen LogP contribution in [0.1, 0.15) is 43.8 Å². The van der Waals surface area contributed by atoms with Gasteiger partial charge in [0.1, 0.15) is 6.04 Å². The average Bonchev–Trinajstić information content (AvgIpc) is 2.80. The van der Waals surface area contributed by atoms with Crippen LogP contribution in [0.5, 0.6) is 0 Å². The highest BCUT2D eigenvalue weighted by atomic mass is 16.5. The van der Waals surface area contributed by atoms with Gasteiger partial charge in [-0.05, 0) is 42.7 Å². The third kappa shape index (κ3) is 5.43. The summed E-state index contributed by atoms with van der Waals surface area (Å²) in [5.41, 5.74) is 10.3. The molecule has 2 aromatic rings. The molecule has 1 saturated heterocycles. The lowest BCUT2D eigenvalue weighted by molar-refractivity contribution is -0.142. The Morgan fingerprint density at radius 3 is 2.73 bits per heavy atom. The van der Waals surface area contributed by atoms with Gasteiger partial charge >= 0.3 is 6.09 Å². The molecule has 1 fully saturated rings. The number of pyridine rings is 1. The molecule has 0 spiro atoms. The van der Waals surface area contributed by atoms with Gasteiger partial charge in [-0.25, -0.2) is 4.79 Å². The molecule has 0 unspecified atom stereocenters. The predicted octanol–water partition coefficient (Wildman–Crippen LogP) is 2.87. The highest BCUT2D eigenvalue weighted by Crippen LogP contribution is 2.34. The number of nitrogens with one attached hydrogen (secondary N) is 2. The van der Waals surface area contributed by atoms with E-state index in [1.54, 1.807) is 23.2 Å². The van der Waals surface area contributed by atoms with Gasteiger partial charge in [0.15, 0.2) is 0 Å². The molecule has 2 amide bonds. The van der Waals surface area contributed by atoms with Crippen molar-refractivity contribution in [2.75, 3.05) is 30.8 Å². The number of hydrogen-bond acceptors (Lipinski definition) is 7. The van der Waals surface area contributed by atoms with E-state index in [1.165, 1.54) is 7.11 Å². The summed E-state index contributed by atoms with van der Waals surface area (Å²) in [6.07, 6.45) is 4.99. The second-order valence-corrected chi connectivity index (χ2v) is 8.68. The Morgan fingerprint density at radius 2 is 1.97 bits per heavy atom. The number of aliphatic hydroxyl groups excluding tert-OH is 1. The van der Waals surface area contributed by atoms with Crippen molar-refractivity contribution in [2.45, 2.75) is 50.3 Å². The number of amides is 2. The minimum absolute atomic E-state index is 0.0282. The van der Waals surface area contributed by atoms with Gasteiger partial charge in [0.25, 0.3) is 0 Å². The summed E-state index contributed by atoms with van der Waals surface area (Å²) in [6, 6.07) is 8.79. The van der Waals surface area contributed by atoms with Crippen molar-refractivity contribution < 1.29 is 19.4 Å². The molecule has 0 saturated carbocycles. The number of fused-ring (bicyclic) bond motifs is 4. The van der Waals surface area contributed by atoms with Crippen LogP contribution in [-0.4, -0.2) is 59.3 Å². The van der Waals surface area contributed by atoms with Crippen LogP contribution in [0, 0.1) is 0 Å². The Bertz CT molecular complexity index is 1010. The molecule has 0 radical (unpaired) electrons. The summed E-state index contributed by atoms with van der Waals surface area (Å²) >= 11 is 0. The summed E-state index contributed by atoms with van der Waals surface area (Å²) in [5.74, 6) is -0.0282. The zero-order chi connectivity index (χ0) is 23.4. The van der Waals surface area contributed by atoms with E-state index in [0.29, 0.717) is 30.9 Å². The number of carbonyl (C=O) groups is 2. The van der Waals surface area contributed by atoms with Crippen LogP contribution in [0.2, 0.25) is 0 Å². The summed E-state index contributed by atoms with van der Waals surface area (Å²) in [6.45, 7) is 0.715. The average molecular weight is 454 g/mol. The lowest BCUT2D eigenvalue weighted by atomic mass is 10.00. The van der Waals surface area contributed by atoms with Crippen molar-refractivity contribution >= 4 is 23.4 Å². The molecule has 9 heteroatoms. The molecule has 33 heavy (non-hydrogen) atoms. The standard InChI is InChI=1S/C24H31N5O4/c1-33-24(32)27-16-7-8-18-15-9-10-26-22(11-15)19(25)5-3-2-4-6-20(28-21(18)12-16)23(31)29-13-17(30)14-29/h7-12,17,19-20,28,30H,2-6,13-14,25H2,1H3,(H,27,32)/t19-,20+/m0/s1. The van der Waals surface area contributed by atoms with Crippen molar-refractivity contribution in [3.8, 4) is 11.1 Å². The second kappa shape index (κ2) is 10.2. The van der Waals surface area contributed by atoms with Crippen molar-refractivity contribution in [2.24, 2.45) is 5.73 Å². The maximum Gasteiger partial charge on any atom is 0.411 e. The van der Waals surface area contributed by atoms with Gasteiger partial charge in [-0.2, -0.15) is 0 Å². The first kappa shape index (κ1) is 23.0. The number of hydrogen-bond donors (Lipinski definition) is 4.